The van der Waals surface area contributed by atoms with Gasteiger partial charge in [-0.25, -0.2) is 4.98 Å². The number of phenolic OH excluding ortho intramolecular Hbond substituents is 1. The number of likely N-dealkylation sites (tertiary alicyclic amines) is 1. The van der Waals surface area contributed by atoms with Gasteiger partial charge in [-0.2, -0.15) is 5.10 Å². The van der Waals surface area contributed by atoms with Gasteiger partial charge in [0.1, 0.15) is 5.75 Å². The molecule has 0 unspecified atom stereocenters. The zero-order valence-corrected chi connectivity index (χ0v) is 20.2. The summed E-state index contributed by atoms with van der Waals surface area (Å²) in [7, 11) is 0. The summed E-state index contributed by atoms with van der Waals surface area (Å²) in [6, 6.07) is 17.2. The first kappa shape index (κ1) is 22.8. The smallest absolute Gasteiger partial charge is 0.254 e. The number of hydrogen-bond donors (Lipinski definition) is 2. The van der Waals surface area contributed by atoms with Gasteiger partial charge in [0.25, 0.3) is 5.91 Å². The Kier molecular flexibility index (Phi) is 6.36. The van der Waals surface area contributed by atoms with Crippen molar-refractivity contribution >= 4 is 29.1 Å². The number of hydrogen-bond acceptors (Lipinski definition) is 4. The van der Waals surface area contributed by atoms with Crippen molar-refractivity contribution in [2.24, 2.45) is 0 Å². The van der Waals surface area contributed by atoms with Gasteiger partial charge >= 0.3 is 0 Å². The molecule has 0 bridgehead atoms. The molecule has 178 valence electrons. The monoisotopic (exact) mass is 466 g/mol. The van der Waals surface area contributed by atoms with Gasteiger partial charge in [-0.1, -0.05) is 44.2 Å². The van der Waals surface area contributed by atoms with E-state index in [2.05, 4.69) is 48.3 Å². The molecule has 2 N–H and O–H groups in total. The number of nitrogens with zero attached hydrogens (tertiary/aromatic N) is 3. The Morgan fingerprint density at radius 1 is 1.00 bits per heavy atom. The van der Waals surface area contributed by atoms with Gasteiger partial charge in [0.15, 0.2) is 5.65 Å². The average molecular weight is 467 g/mol. The Labute approximate surface area is 205 Å². The largest absolute Gasteiger partial charge is 0.508 e. The maximum atomic E-state index is 13.7. The number of nitrogens with one attached hydrogen (secondary N) is 1. The van der Waals surface area contributed by atoms with Gasteiger partial charge < -0.3 is 10.0 Å². The number of fused-ring (bicyclic) bond motifs is 1. The van der Waals surface area contributed by atoms with E-state index in [0.717, 1.165) is 54.6 Å². The number of aromatic hydroxyl groups is 1. The van der Waals surface area contributed by atoms with Crippen molar-refractivity contribution in [2.75, 3.05) is 13.1 Å². The summed E-state index contributed by atoms with van der Waals surface area (Å²) in [5.74, 6) is 0.685. The third kappa shape index (κ3) is 4.83. The van der Waals surface area contributed by atoms with Crippen LogP contribution in [0.1, 0.15) is 66.2 Å². The highest BCUT2D eigenvalue weighted by Crippen LogP contribution is 2.29. The van der Waals surface area contributed by atoms with Crippen molar-refractivity contribution in [2.45, 2.75) is 39.0 Å². The van der Waals surface area contributed by atoms with E-state index >= 15 is 0 Å². The molecule has 35 heavy (non-hydrogen) atoms. The van der Waals surface area contributed by atoms with Crippen molar-refractivity contribution in [1.29, 1.82) is 0 Å². The normalized spacial score (nSPS) is 14.3. The predicted molar refractivity (Wildman–Crippen MR) is 140 cm³/mol. The molecule has 2 aromatic carbocycles. The second-order valence-electron chi connectivity index (χ2n) is 9.45. The lowest BCUT2D eigenvalue weighted by atomic mass is 10.0. The van der Waals surface area contributed by atoms with Gasteiger partial charge in [-0.15, -0.1) is 0 Å². The van der Waals surface area contributed by atoms with Crippen LogP contribution in [0.15, 0.2) is 54.6 Å². The van der Waals surface area contributed by atoms with E-state index in [1.807, 2.05) is 23.1 Å². The first-order valence-electron chi connectivity index (χ1n) is 12.3. The fraction of sp³-hybridized carbons (Fsp3) is 0.276. The fourth-order valence-corrected chi connectivity index (χ4v) is 4.56. The number of rotatable bonds is 5. The number of phenols is 1. The predicted octanol–water partition coefficient (Wildman–Crippen LogP) is 6.25. The lowest BCUT2D eigenvalue weighted by Crippen LogP contribution is -2.35. The highest BCUT2D eigenvalue weighted by Gasteiger charge is 2.24. The van der Waals surface area contributed by atoms with Crippen molar-refractivity contribution in [3.05, 3.63) is 77.0 Å². The molecule has 3 heterocycles. The Morgan fingerprint density at radius 3 is 2.40 bits per heavy atom. The average Bonchev–Trinajstić information content (AvgIpc) is 3.30. The van der Waals surface area contributed by atoms with Crippen LogP contribution in [0.25, 0.3) is 34.4 Å². The molecule has 1 aliphatic heterocycles. The number of benzene rings is 2. The molecule has 0 radical (unpaired) electrons. The second-order valence-corrected chi connectivity index (χ2v) is 9.45. The molecule has 2 aromatic heterocycles. The number of aromatic nitrogens is 3. The van der Waals surface area contributed by atoms with E-state index in [9.17, 15) is 9.90 Å². The van der Waals surface area contributed by atoms with Gasteiger partial charge in [-0.3, -0.25) is 9.89 Å². The maximum absolute atomic E-state index is 13.7. The fourth-order valence-electron chi connectivity index (χ4n) is 4.56. The number of piperidine rings is 1. The van der Waals surface area contributed by atoms with Crippen LogP contribution >= 0.6 is 0 Å². The molecule has 1 saturated heterocycles. The summed E-state index contributed by atoms with van der Waals surface area (Å²) < 4.78 is 0. The molecular weight excluding hydrogens is 436 g/mol. The van der Waals surface area contributed by atoms with Crippen molar-refractivity contribution in [3.8, 4) is 17.0 Å². The summed E-state index contributed by atoms with van der Waals surface area (Å²) >= 11 is 0. The summed E-state index contributed by atoms with van der Waals surface area (Å²) in [4.78, 5) is 20.3. The lowest BCUT2D eigenvalue weighted by Gasteiger charge is -2.27. The van der Waals surface area contributed by atoms with E-state index in [0.29, 0.717) is 22.8 Å². The molecule has 1 fully saturated rings. The third-order valence-electron chi connectivity index (χ3n) is 6.63. The number of carbonyl (C=O) groups excluding carboxylic acids is 1. The Hall–Kier alpha value is -3.93. The Morgan fingerprint density at radius 2 is 1.71 bits per heavy atom. The highest BCUT2D eigenvalue weighted by atomic mass is 16.3. The Bertz CT molecular complexity index is 1360. The molecule has 6 heteroatoms. The van der Waals surface area contributed by atoms with Crippen molar-refractivity contribution in [3.63, 3.8) is 0 Å². The van der Waals surface area contributed by atoms with E-state index in [4.69, 9.17) is 4.98 Å². The van der Waals surface area contributed by atoms with Crippen molar-refractivity contribution < 1.29 is 9.90 Å². The lowest BCUT2D eigenvalue weighted by molar-refractivity contribution is 0.0726. The molecule has 0 atom stereocenters. The molecule has 6 nitrogen and oxygen atoms in total. The minimum absolute atomic E-state index is 0.00876. The zero-order valence-electron chi connectivity index (χ0n) is 20.2. The summed E-state index contributed by atoms with van der Waals surface area (Å²) in [5.41, 5.74) is 5.73. The Balaban J connectivity index is 1.57. The van der Waals surface area contributed by atoms with Gasteiger partial charge in [-0.05, 0) is 72.7 Å². The van der Waals surface area contributed by atoms with Crippen LogP contribution in [0.2, 0.25) is 0 Å². The van der Waals surface area contributed by atoms with Crippen molar-refractivity contribution in [1.82, 2.24) is 20.1 Å². The van der Waals surface area contributed by atoms with E-state index in [1.54, 1.807) is 24.3 Å². The molecule has 1 amide bonds. The summed E-state index contributed by atoms with van der Waals surface area (Å²) in [6.07, 6.45) is 7.20. The number of H-pyrrole nitrogens is 1. The highest BCUT2D eigenvalue weighted by molar-refractivity contribution is 6.09. The first-order valence-corrected chi connectivity index (χ1v) is 12.3. The van der Waals surface area contributed by atoms with Crippen LogP contribution in [-0.2, 0) is 0 Å². The second kappa shape index (κ2) is 9.74. The molecule has 0 spiro atoms. The van der Waals surface area contributed by atoms with Crippen LogP contribution in [0, 0.1) is 0 Å². The van der Waals surface area contributed by atoms with E-state index in [1.165, 1.54) is 5.56 Å². The minimum Gasteiger partial charge on any atom is -0.508 e. The SMILES string of the molecule is CC(C)c1ccc(/C=C/c2[nH]nc3nc(-c4ccc(O)cc4)cc(C(=O)N4CCCCC4)c23)cc1. The minimum atomic E-state index is 0.00876. The molecule has 4 aromatic rings. The molecule has 1 aliphatic rings. The standard InChI is InChI=1S/C29H30N4O2/c1-19(2)21-9-6-20(7-10-21)8-15-25-27-24(29(35)33-16-4-3-5-17-33)18-26(30-28(27)32-31-25)22-11-13-23(34)14-12-22/h6-15,18-19,34H,3-5,16-17H2,1-2H3,(H,30,31,32)/b15-8+. The number of aromatic amines is 1. The zero-order chi connectivity index (χ0) is 24.4. The summed E-state index contributed by atoms with van der Waals surface area (Å²) in [6.45, 7) is 5.90. The molecule has 0 aliphatic carbocycles. The number of amides is 1. The molecule has 5 rings (SSSR count). The molecular formula is C29H30N4O2. The number of pyridine rings is 1. The van der Waals surface area contributed by atoms with Crippen LogP contribution in [0.3, 0.4) is 0 Å². The van der Waals surface area contributed by atoms with Crippen LogP contribution in [-0.4, -0.2) is 44.2 Å². The van der Waals surface area contributed by atoms with Crippen LogP contribution in [0.5, 0.6) is 5.75 Å². The topological polar surface area (TPSA) is 82.1 Å². The van der Waals surface area contributed by atoms with Gasteiger partial charge in [0.05, 0.1) is 22.3 Å². The third-order valence-corrected chi connectivity index (χ3v) is 6.63. The van der Waals surface area contributed by atoms with Gasteiger partial charge in [0, 0.05) is 18.7 Å². The van der Waals surface area contributed by atoms with Crippen LogP contribution in [0.4, 0.5) is 0 Å². The molecule has 0 saturated carbocycles. The van der Waals surface area contributed by atoms with Crippen LogP contribution < -0.4 is 0 Å². The summed E-state index contributed by atoms with van der Waals surface area (Å²) in [5, 5.41) is 18.0. The number of carbonyl (C=O) groups is 1. The first-order chi connectivity index (χ1) is 17.0. The van der Waals surface area contributed by atoms with E-state index in [-0.39, 0.29) is 11.7 Å². The van der Waals surface area contributed by atoms with Gasteiger partial charge in [0.2, 0.25) is 0 Å². The maximum Gasteiger partial charge on any atom is 0.254 e. The quantitative estimate of drug-likeness (QED) is 0.364. The van der Waals surface area contributed by atoms with E-state index < -0.39 is 0 Å².